The molecule has 1 aromatic carbocycles. The Hall–Kier alpha value is -1.52. The van der Waals surface area contributed by atoms with Gasteiger partial charge in [-0.25, -0.2) is 0 Å². The van der Waals surface area contributed by atoms with Gasteiger partial charge in [0.05, 0.1) is 5.02 Å². The number of benzene rings is 1. The van der Waals surface area contributed by atoms with Crippen LogP contribution in [0.3, 0.4) is 0 Å². The minimum atomic E-state index is 0.304. The van der Waals surface area contributed by atoms with E-state index >= 15 is 0 Å². The Morgan fingerprint density at radius 3 is 2.71 bits per heavy atom. The molecule has 1 aliphatic heterocycles. The zero-order valence-corrected chi connectivity index (χ0v) is 14.8. The Bertz CT molecular complexity index is 582. The Labute approximate surface area is 149 Å². The molecule has 0 aromatic heterocycles. The first kappa shape index (κ1) is 17.3. The fraction of sp³-hybridized carbons (Fsp3) is 0.526. The van der Waals surface area contributed by atoms with Gasteiger partial charge in [0, 0.05) is 39.1 Å². The van der Waals surface area contributed by atoms with Crippen molar-refractivity contribution in [2.75, 3.05) is 39.3 Å². The normalized spacial score (nSPS) is 21.2. The molecular formula is C19H25ClN2O2. The van der Waals surface area contributed by atoms with Crippen molar-refractivity contribution in [1.82, 2.24) is 9.80 Å². The maximum atomic E-state index is 12.3. The molecule has 1 heterocycles. The summed E-state index contributed by atoms with van der Waals surface area (Å²) in [4.78, 5) is 16.7. The molecule has 24 heavy (non-hydrogen) atoms. The first-order chi connectivity index (χ1) is 11.7. The van der Waals surface area contributed by atoms with Crippen molar-refractivity contribution in [3.63, 3.8) is 0 Å². The SMILES string of the molecule is O=C(CC1C=CCC1)N1CCN(CCOc2ccccc2Cl)CC1. The van der Waals surface area contributed by atoms with Crippen LogP contribution in [0.4, 0.5) is 0 Å². The average Bonchev–Trinajstić information content (AvgIpc) is 3.10. The van der Waals surface area contributed by atoms with E-state index in [0.717, 1.165) is 51.3 Å². The summed E-state index contributed by atoms with van der Waals surface area (Å²) in [6, 6.07) is 7.54. The van der Waals surface area contributed by atoms with Crippen molar-refractivity contribution >= 4 is 17.5 Å². The molecule has 2 aliphatic rings. The summed E-state index contributed by atoms with van der Waals surface area (Å²) >= 11 is 6.08. The third kappa shape index (κ3) is 4.74. The number of carbonyl (C=O) groups is 1. The molecule has 0 spiro atoms. The van der Waals surface area contributed by atoms with Gasteiger partial charge in [0.25, 0.3) is 0 Å². The second kappa shape index (κ2) is 8.54. The minimum Gasteiger partial charge on any atom is -0.491 e. The summed E-state index contributed by atoms with van der Waals surface area (Å²) in [6.07, 6.45) is 7.31. The molecule has 1 saturated heterocycles. The predicted molar refractivity (Wildman–Crippen MR) is 96.4 cm³/mol. The number of allylic oxidation sites excluding steroid dienone is 2. The van der Waals surface area contributed by atoms with E-state index < -0.39 is 0 Å². The molecule has 1 unspecified atom stereocenters. The van der Waals surface area contributed by atoms with Gasteiger partial charge in [0.15, 0.2) is 0 Å². The molecule has 0 radical (unpaired) electrons. The van der Waals surface area contributed by atoms with Crippen LogP contribution in [0.1, 0.15) is 19.3 Å². The third-order valence-electron chi connectivity index (χ3n) is 4.78. The predicted octanol–water partition coefficient (Wildman–Crippen LogP) is 3.22. The van der Waals surface area contributed by atoms with Crippen molar-refractivity contribution < 1.29 is 9.53 Å². The van der Waals surface area contributed by atoms with Crippen LogP contribution < -0.4 is 4.74 Å². The lowest BCUT2D eigenvalue weighted by Crippen LogP contribution is -2.49. The van der Waals surface area contributed by atoms with Crippen LogP contribution >= 0.6 is 11.6 Å². The number of hydrogen-bond donors (Lipinski definition) is 0. The number of rotatable bonds is 6. The van der Waals surface area contributed by atoms with Crippen LogP contribution in [0.2, 0.25) is 5.02 Å². The van der Waals surface area contributed by atoms with Crippen molar-refractivity contribution in [1.29, 1.82) is 0 Å². The first-order valence-electron chi connectivity index (χ1n) is 8.76. The number of hydrogen-bond acceptors (Lipinski definition) is 3. The van der Waals surface area contributed by atoms with E-state index in [1.807, 2.05) is 29.2 Å². The van der Waals surface area contributed by atoms with Gasteiger partial charge in [-0.3, -0.25) is 9.69 Å². The fourth-order valence-corrected chi connectivity index (χ4v) is 3.48. The number of para-hydroxylation sites is 1. The molecule has 4 nitrogen and oxygen atoms in total. The fourth-order valence-electron chi connectivity index (χ4n) is 3.29. The third-order valence-corrected chi connectivity index (χ3v) is 5.09. The van der Waals surface area contributed by atoms with Gasteiger partial charge in [-0.1, -0.05) is 35.9 Å². The lowest BCUT2D eigenvalue weighted by molar-refractivity contribution is -0.133. The molecule has 0 N–H and O–H groups in total. The molecular weight excluding hydrogens is 324 g/mol. The highest BCUT2D eigenvalue weighted by molar-refractivity contribution is 6.32. The van der Waals surface area contributed by atoms with E-state index in [-0.39, 0.29) is 0 Å². The molecule has 1 atom stereocenters. The summed E-state index contributed by atoms with van der Waals surface area (Å²) in [5.74, 6) is 1.50. The Morgan fingerprint density at radius 1 is 1.21 bits per heavy atom. The van der Waals surface area contributed by atoms with Crippen LogP contribution in [0, 0.1) is 5.92 Å². The van der Waals surface area contributed by atoms with Crippen molar-refractivity contribution in [3.8, 4) is 5.75 Å². The van der Waals surface area contributed by atoms with Crippen LogP contribution in [0.5, 0.6) is 5.75 Å². The Kier molecular flexibility index (Phi) is 6.16. The monoisotopic (exact) mass is 348 g/mol. The molecule has 0 saturated carbocycles. The van der Waals surface area contributed by atoms with Gasteiger partial charge in [-0.2, -0.15) is 0 Å². The summed E-state index contributed by atoms with van der Waals surface area (Å²) in [6.45, 7) is 4.95. The second-order valence-electron chi connectivity index (χ2n) is 6.47. The van der Waals surface area contributed by atoms with Gasteiger partial charge in [-0.05, 0) is 30.9 Å². The number of piperazine rings is 1. The highest BCUT2D eigenvalue weighted by atomic mass is 35.5. The highest BCUT2D eigenvalue weighted by Gasteiger charge is 2.23. The lowest BCUT2D eigenvalue weighted by atomic mass is 10.0. The average molecular weight is 349 g/mol. The van der Waals surface area contributed by atoms with Crippen molar-refractivity contribution in [2.24, 2.45) is 5.92 Å². The number of carbonyl (C=O) groups excluding carboxylic acids is 1. The van der Waals surface area contributed by atoms with Crippen molar-refractivity contribution in [2.45, 2.75) is 19.3 Å². The van der Waals surface area contributed by atoms with Gasteiger partial charge >= 0.3 is 0 Å². The molecule has 1 fully saturated rings. The Morgan fingerprint density at radius 2 is 2.00 bits per heavy atom. The number of amides is 1. The van der Waals surface area contributed by atoms with Crippen LogP contribution in [0.15, 0.2) is 36.4 Å². The van der Waals surface area contributed by atoms with Crippen LogP contribution in [0.25, 0.3) is 0 Å². The van der Waals surface area contributed by atoms with Crippen LogP contribution in [-0.4, -0.2) is 55.0 Å². The van der Waals surface area contributed by atoms with E-state index in [2.05, 4.69) is 17.1 Å². The molecule has 1 amide bonds. The highest BCUT2D eigenvalue weighted by Crippen LogP contribution is 2.23. The maximum Gasteiger partial charge on any atom is 0.223 e. The summed E-state index contributed by atoms with van der Waals surface area (Å²) < 4.78 is 5.74. The summed E-state index contributed by atoms with van der Waals surface area (Å²) in [5, 5.41) is 0.647. The van der Waals surface area contributed by atoms with Crippen LogP contribution in [-0.2, 0) is 4.79 Å². The van der Waals surface area contributed by atoms with Gasteiger partial charge in [-0.15, -0.1) is 0 Å². The van der Waals surface area contributed by atoms with Gasteiger partial charge in [0.2, 0.25) is 5.91 Å². The summed E-state index contributed by atoms with van der Waals surface area (Å²) in [7, 11) is 0. The zero-order valence-electron chi connectivity index (χ0n) is 14.0. The van der Waals surface area contributed by atoms with Gasteiger partial charge in [0.1, 0.15) is 12.4 Å². The largest absolute Gasteiger partial charge is 0.491 e. The minimum absolute atomic E-state index is 0.304. The number of halogens is 1. The Balaban J connectivity index is 1.35. The topological polar surface area (TPSA) is 32.8 Å². The molecule has 1 aliphatic carbocycles. The molecule has 0 bridgehead atoms. The lowest BCUT2D eigenvalue weighted by Gasteiger charge is -2.35. The smallest absolute Gasteiger partial charge is 0.223 e. The van der Waals surface area contributed by atoms with Gasteiger partial charge < -0.3 is 9.64 Å². The molecule has 1 aromatic rings. The number of nitrogens with zero attached hydrogens (tertiary/aromatic N) is 2. The van der Waals surface area contributed by atoms with E-state index in [1.165, 1.54) is 0 Å². The standard InChI is InChI=1S/C19H25ClN2O2/c20-17-7-3-4-8-18(17)24-14-13-21-9-11-22(12-10-21)19(23)15-16-5-1-2-6-16/h1,3-5,7-8,16H,2,6,9-15H2. The first-order valence-corrected chi connectivity index (χ1v) is 9.14. The quantitative estimate of drug-likeness (QED) is 0.740. The van der Waals surface area contributed by atoms with E-state index in [0.29, 0.717) is 29.9 Å². The van der Waals surface area contributed by atoms with E-state index in [4.69, 9.17) is 16.3 Å². The van der Waals surface area contributed by atoms with E-state index in [9.17, 15) is 4.79 Å². The molecule has 5 heteroatoms. The molecule has 130 valence electrons. The molecule has 3 rings (SSSR count). The zero-order chi connectivity index (χ0) is 16.8. The van der Waals surface area contributed by atoms with Crippen molar-refractivity contribution in [3.05, 3.63) is 41.4 Å². The summed E-state index contributed by atoms with van der Waals surface area (Å²) in [5.41, 5.74) is 0. The number of ether oxygens (including phenoxy) is 1. The van der Waals surface area contributed by atoms with E-state index in [1.54, 1.807) is 0 Å². The maximum absolute atomic E-state index is 12.3. The second-order valence-corrected chi connectivity index (χ2v) is 6.88.